The Bertz CT molecular complexity index is 549. The van der Waals surface area contributed by atoms with Crippen LogP contribution in [0.2, 0.25) is 0 Å². The van der Waals surface area contributed by atoms with Crippen LogP contribution in [0.1, 0.15) is 48.2 Å². The summed E-state index contributed by atoms with van der Waals surface area (Å²) in [5.41, 5.74) is 5.17. The minimum atomic E-state index is 0.301. The van der Waals surface area contributed by atoms with E-state index in [1.807, 2.05) is 12.3 Å². The van der Waals surface area contributed by atoms with E-state index in [1.54, 1.807) is 0 Å². The SMILES string of the molecule is CCNC(c1ccc(C)cc1C)C(C)c1ccccn1. The number of hydrogen-bond acceptors (Lipinski definition) is 2. The molecule has 1 aromatic carbocycles. The molecule has 2 unspecified atom stereocenters. The molecule has 0 spiro atoms. The molecule has 1 aromatic heterocycles. The largest absolute Gasteiger partial charge is 0.310 e. The van der Waals surface area contributed by atoms with E-state index in [9.17, 15) is 0 Å². The Morgan fingerprint density at radius 2 is 1.95 bits per heavy atom. The van der Waals surface area contributed by atoms with Crippen LogP contribution in [-0.4, -0.2) is 11.5 Å². The monoisotopic (exact) mass is 268 g/mol. The van der Waals surface area contributed by atoms with E-state index in [1.165, 1.54) is 16.7 Å². The van der Waals surface area contributed by atoms with Gasteiger partial charge in [-0.25, -0.2) is 0 Å². The van der Waals surface area contributed by atoms with Crippen molar-refractivity contribution in [3.63, 3.8) is 0 Å². The highest BCUT2D eigenvalue weighted by Crippen LogP contribution is 2.31. The summed E-state index contributed by atoms with van der Waals surface area (Å²) in [4.78, 5) is 4.51. The Balaban J connectivity index is 2.35. The van der Waals surface area contributed by atoms with E-state index in [-0.39, 0.29) is 0 Å². The minimum absolute atomic E-state index is 0.301. The van der Waals surface area contributed by atoms with E-state index in [2.05, 4.69) is 68.3 Å². The van der Waals surface area contributed by atoms with Crippen molar-refractivity contribution in [3.8, 4) is 0 Å². The fourth-order valence-corrected chi connectivity index (χ4v) is 2.77. The molecule has 20 heavy (non-hydrogen) atoms. The maximum atomic E-state index is 4.51. The molecule has 2 aromatic rings. The van der Waals surface area contributed by atoms with Crippen LogP contribution in [0.5, 0.6) is 0 Å². The molecule has 106 valence electrons. The highest BCUT2D eigenvalue weighted by molar-refractivity contribution is 5.34. The summed E-state index contributed by atoms with van der Waals surface area (Å²) < 4.78 is 0. The summed E-state index contributed by atoms with van der Waals surface area (Å²) in [6, 6.07) is 13.1. The van der Waals surface area contributed by atoms with Crippen molar-refractivity contribution in [2.75, 3.05) is 6.54 Å². The van der Waals surface area contributed by atoms with Crippen molar-refractivity contribution in [3.05, 3.63) is 65.0 Å². The molecule has 0 saturated heterocycles. The number of hydrogen-bond donors (Lipinski definition) is 1. The van der Waals surface area contributed by atoms with Crippen LogP contribution < -0.4 is 5.32 Å². The van der Waals surface area contributed by atoms with Gasteiger partial charge in [0, 0.05) is 23.9 Å². The van der Waals surface area contributed by atoms with Gasteiger partial charge in [0.2, 0.25) is 0 Å². The van der Waals surface area contributed by atoms with Crippen molar-refractivity contribution in [2.24, 2.45) is 0 Å². The number of aromatic nitrogens is 1. The van der Waals surface area contributed by atoms with E-state index in [0.717, 1.165) is 12.2 Å². The quantitative estimate of drug-likeness (QED) is 0.881. The fourth-order valence-electron chi connectivity index (χ4n) is 2.77. The molecule has 0 saturated carbocycles. The molecule has 0 aliphatic rings. The summed E-state index contributed by atoms with van der Waals surface area (Å²) in [6.45, 7) is 9.69. The molecule has 2 rings (SSSR count). The van der Waals surface area contributed by atoms with Crippen LogP contribution in [0.15, 0.2) is 42.6 Å². The molecule has 0 amide bonds. The van der Waals surface area contributed by atoms with E-state index < -0.39 is 0 Å². The number of nitrogens with one attached hydrogen (secondary N) is 1. The molecule has 0 aliphatic carbocycles. The molecule has 1 N–H and O–H groups in total. The minimum Gasteiger partial charge on any atom is -0.310 e. The summed E-state index contributed by atoms with van der Waals surface area (Å²) in [5, 5.41) is 3.62. The fraction of sp³-hybridized carbons (Fsp3) is 0.389. The van der Waals surface area contributed by atoms with Crippen molar-refractivity contribution in [2.45, 2.75) is 39.7 Å². The van der Waals surface area contributed by atoms with Crippen LogP contribution in [-0.2, 0) is 0 Å². The molecule has 2 nitrogen and oxygen atoms in total. The Morgan fingerprint density at radius 1 is 1.15 bits per heavy atom. The summed E-state index contributed by atoms with van der Waals surface area (Å²) in [5.74, 6) is 0.345. The molecule has 2 heteroatoms. The third-order valence-electron chi connectivity index (χ3n) is 3.84. The van der Waals surface area contributed by atoms with Crippen molar-refractivity contribution < 1.29 is 0 Å². The van der Waals surface area contributed by atoms with Gasteiger partial charge in [-0.15, -0.1) is 0 Å². The first-order valence-electron chi connectivity index (χ1n) is 7.35. The lowest BCUT2D eigenvalue weighted by molar-refractivity contribution is 0.470. The lowest BCUT2D eigenvalue weighted by Crippen LogP contribution is -2.27. The predicted octanol–water partition coefficient (Wildman–Crippen LogP) is 4.15. The number of aryl methyl sites for hydroxylation is 2. The Kier molecular flexibility index (Phi) is 4.91. The van der Waals surface area contributed by atoms with Gasteiger partial charge in [-0.05, 0) is 43.7 Å². The van der Waals surface area contributed by atoms with E-state index in [4.69, 9.17) is 0 Å². The Labute approximate surface area is 122 Å². The summed E-state index contributed by atoms with van der Waals surface area (Å²) in [7, 11) is 0. The van der Waals surface area contributed by atoms with Gasteiger partial charge in [-0.1, -0.05) is 43.7 Å². The van der Waals surface area contributed by atoms with Gasteiger partial charge in [0.05, 0.1) is 0 Å². The van der Waals surface area contributed by atoms with Gasteiger partial charge in [0.25, 0.3) is 0 Å². The maximum absolute atomic E-state index is 4.51. The molecule has 2 atom stereocenters. The van der Waals surface area contributed by atoms with Crippen molar-refractivity contribution >= 4 is 0 Å². The Morgan fingerprint density at radius 3 is 2.55 bits per heavy atom. The zero-order valence-electron chi connectivity index (χ0n) is 12.9. The van der Waals surface area contributed by atoms with Gasteiger partial charge in [-0.3, -0.25) is 4.98 Å². The first-order valence-corrected chi connectivity index (χ1v) is 7.35. The van der Waals surface area contributed by atoms with Crippen LogP contribution in [0.3, 0.4) is 0 Å². The molecular weight excluding hydrogens is 244 g/mol. The standard InChI is InChI=1S/C18H24N2/c1-5-19-18(15(4)17-8-6-7-11-20-17)16-10-9-13(2)12-14(16)3/h6-12,15,18-19H,5H2,1-4H3. The van der Waals surface area contributed by atoms with Gasteiger partial charge in [0.1, 0.15) is 0 Å². The molecule has 0 fully saturated rings. The number of pyridine rings is 1. The highest BCUT2D eigenvalue weighted by atomic mass is 14.9. The Hall–Kier alpha value is -1.67. The van der Waals surface area contributed by atoms with Gasteiger partial charge in [0.15, 0.2) is 0 Å². The van der Waals surface area contributed by atoms with Crippen molar-refractivity contribution in [1.82, 2.24) is 10.3 Å². The lowest BCUT2D eigenvalue weighted by Gasteiger charge is -2.26. The first kappa shape index (κ1) is 14.7. The van der Waals surface area contributed by atoms with E-state index in [0.29, 0.717) is 12.0 Å². The molecule has 0 radical (unpaired) electrons. The number of nitrogens with zero attached hydrogens (tertiary/aromatic N) is 1. The number of likely N-dealkylation sites (N-methyl/N-ethyl adjacent to an activating group) is 1. The molecule has 0 aliphatic heterocycles. The first-order chi connectivity index (χ1) is 9.63. The summed E-state index contributed by atoms with van der Waals surface area (Å²) >= 11 is 0. The van der Waals surface area contributed by atoms with Crippen LogP contribution in [0, 0.1) is 13.8 Å². The van der Waals surface area contributed by atoms with Gasteiger partial charge < -0.3 is 5.32 Å². The topological polar surface area (TPSA) is 24.9 Å². The molecule has 1 heterocycles. The van der Waals surface area contributed by atoms with Crippen LogP contribution >= 0.6 is 0 Å². The third-order valence-corrected chi connectivity index (χ3v) is 3.84. The summed E-state index contributed by atoms with van der Waals surface area (Å²) in [6.07, 6.45) is 1.87. The van der Waals surface area contributed by atoms with Gasteiger partial charge in [-0.2, -0.15) is 0 Å². The third kappa shape index (κ3) is 3.26. The average Bonchev–Trinajstić information content (AvgIpc) is 2.46. The smallest absolute Gasteiger partial charge is 0.0450 e. The van der Waals surface area contributed by atoms with Crippen molar-refractivity contribution in [1.29, 1.82) is 0 Å². The maximum Gasteiger partial charge on any atom is 0.0450 e. The molecular formula is C18H24N2. The van der Waals surface area contributed by atoms with Gasteiger partial charge >= 0.3 is 0 Å². The zero-order chi connectivity index (χ0) is 14.5. The second kappa shape index (κ2) is 6.67. The number of rotatable bonds is 5. The average molecular weight is 268 g/mol. The normalized spacial score (nSPS) is 14.0. The second-order valence-electron chi connectivity index (χ2n) is 5.44. The molecule has 0 bridgehead atoms. The van der Waals surface area contributed by atoms with E-state index >= 15 is 0 Å². The second-order valence-corrected chi connectivity index (χ2v) is 5.44. The highest BCUT2D eigenvalue weighted by Gasteiger charge is 2.22. The van der Waals surface area contributed by atoms with Crippen LogP contribution in [0.25, 0.3) is 0 Å². The zero-order valence-corrected chi connectivity index (χ0v) is 12.9. The number of benzene rings is 1. The lowest BCUT2D eigenvalue weighted by atomic mass is 9.88. The predicted molar refractivity (Wildman–Crippen MR) is 85.0 cm³/mol. The van der Waals surface area contributed by atoms with Crippen LogP contribution in [0.4, 0.5) is 0 Å².